The molecule has 0 saturated carbocycles. The zero-order chi connectivity index (χ0) is 16.9. The zero-order valence-electron chi connectivity index (χ0n) is 13.9. The number of aromatic nitrogens is 3. The monoisotopic (exact) mass is 320 g/mol. The third-order valence-electron chi connectivity index (χ3n) is 3.86. The predicted molar refractivity (Wildman–Crippen MR) is 94.1 cm³/mol. The Morgan fingerprint density at radius 1 is 1.12 bits per heavy atom. The van der Waals surface area contributed by atoms with Crippen molar-refractivity contribution in [3.05, 3.63) is 77.2 Å². The quantitative estimate of drug-likeness (QED) is 0.783. The maximum atomic E-state index is 12.5. The van der Waals surface area contributed by atoms with Crippen molar-refractivity contribution >= 4 is 11.7 Å². The number of hydrogen-bond donors (Lipinski definition) is 1. The summed E-state index contributed by atoms with van der Waals surface area (Å²) in [6.07, 6.45) is 4.09. The van der Waals surface area contributed by atoms with Crippen molar-refractivity contribution < 1.29 is 4.79 Å². The molecule has 24 heavy (non-hydrogen) atoms. The number of carbonyl (C=O) groups excluding carboxylic acids is 1. The molecule has 2 heterocycles. The van der Waals surface area contributed by atoms with Gasteiger partial charge < -0.3 is 5.32 Å². The molecule has 3 aromatic rings. The molecule has 5 nitrogen and oxygen atoms in total. The van der Waals surface area contributed by atoms with Crippen LogP contribution in [0, 0.1) is 6.92 Å². The fourth-order valence-electron chi connectivity index (χ4n) is 2.59. The van der Waals surface area contributed by atoms with Gasteiger partial charge in [-0.3, -0.25) is 9.48 Å². The van der Waals surface area contributed by atoms with Gasteiger partial charge in [-0.1, -0.05) is 43.3 Å². The Balaban J connectivity index is 1.80. The number of pyridine rings is 1. The molecule has 0 saturated heterocycles. The van der Waals surface area contributed by atoms with E-state index in [4.69, 9.17) is 0 Å². The van der Waals surface area contributed by atoms with Gasteiger partial charge in [0.25, 0.3) is 5.91 Å². The van der Waals surface area contributed by atoms with E-state index in [0.717, 1.165) is 23.2 Å². The lowest BCUT2D eigenvalue weighted by Gasteiger charge is -2.08. The SMILES string of the molecule is CCc1c(C(=O)Nc2ccc(C)cn2)cnn1Cc1ccccc1. The van der Waals surface area contributed by atoms with E-state index in [1.165, 1.54) is 0 Å². The molecule has 0 spiro atoms. The Morgan fingerprint density at radius 2 is 1.92 bits per heavy atom. The Kier molecular flexibility index (Phi) is 4.70. The van der Waals surface area contributed by atoms with E-state index in [1.807, 2.05) is 42.8 Å². The van der Waals surface area contributed by atoms with Gasteiger partial charge >= 0.3 is 0 Å². The van der Waals surface area contributed by atoms with E-state index >= 15 is 0 Å². The van der Waals surface area contributed by atoms with Gasteiger partial charge in [-0.15, -0.1) is 0 Å². The summed E-state index contributed by atoms with van der Waals surface area (Å²) in [6.45, 7) is 4.64. The molecular weight excluding hydrogens is 300 g/mol. The van der Waals surface area contributed by atoms with Gasteiger partial charge in [-0.25, -0.2) is 4.98 Å². The molecule has 0 unspecified atom stereocenters. The second-order valence-electron chi connectivity index (χ2n) is 5.68. The van der Waals surface area contributed by atoms with Crippen LogP contribution in [0.1, 0.15) is 34.1 Å². The Morgan fingerprint density at radius 3 is 2.58 bits per heavy atom. The molecule has 1 amide bonds. The molecule has 0 aliphatic carbocycles. The van der Waals surface area contributed by atoms with Crippen LogP contribution in [0.3, 0.4) is 0 Å². The van der Waals surface area contributed by atoms with Crippen LogP contribution in [0.5, 0.6) is 0 Å². The van der Waals surface area contributed by atoms with Crippen molar-refractivity contribution in [2.24, 2.45) is 0 Å². The molecular formula is C19H20N4O. The zero-order valence-corrected chi connectivity index (χ0v) is 13.9. The summed E-state index contributed by atoms with van der Waals surface area (Å²) >= 11 is 0. The summed E-state index contributed by atoms with van der Waals surface area (Å²) in [4.78, 5) is 16.8. The molecule has 0 aliphatic rings. The number of hydrogen-bond acceptors (Lipinski definition) is 3. The van der Waals surface area contributed by atoms with Crippen LogP contribution in [0.25, 0.3) is 0 Å². The highest BCUT2D eigenvalue weighted by Gasteiger charge is 2.16. The molecule has 0 atom stereocenters. The number of rotatable bonds is 5. The third kappa shape index (κ3) is 3.51. The number of benzene rings is 1. The molecule has 5 heteroatoms. The first kappa shape index (κ1) is 15.9. The average Bonchev–Trinajstić information content (AvgIpc) is 3.00. The number of aryl methyl sites for hydroxylation is 1. The van der Waals surface area contributed by atoms with Gasteiger partial charge in [0.15, 0.2) is 0 Å². The van der Waals surface area contributed by atoms with Gasteiger partial charge in [0.05, 0.1) is 24.0 Å². The van der Waals surface area contributed by atoms with E-state index in [9.17, 15) is 4.79 Å². The van der Waals surface area contributed by atoms with E-state index in [-0.39, 0.29) is 5.91 Å². The molecule has 2 aromatic heterocycles. The predicted octanol–water partition coefficient (Wildman–Crippen LogP) is 3.45. The molecule has 0 fully saturated rings. The molecule has 0 radical (unpaired) electrons. The average molecular weight is 320 g/mol. The first-order chi connectivity index (χ1) is 11.7. The minimum absolute atomic E-state index is 0.178. The number of amides is 1. The normalized spacial score (nSPS) is 10.6. The largest absolute Gasteiger partial charge is 0.306 e. The van der Waals surface area contributed by atoms with Crippen LogP contribution in [-0.4, -0.2) is 20.7 Å². The summed E-state index contributed by atoms with van der Waals surface area (Å²) in [5.41, 5.74) is 3.72. The molecule has 1 aromatic carbocycles. The Labute approximate surface area is 141 Å². The fraction of sp³-hybridized carbons (Fsp3) is 0.211. The van der Waals surface area contributed by atoms with Crippen LogP contribution < -0.4 is 5.32 Å². The van der Waals surface area contributed by atoms with Crippen LogP contribution >= 0.6 is 0 Å². The van der Waals surface area contributed by atoms with E-state index < -0.39 is 0 Å². The molecule has 0 aliphatic heterocycles. The first-order valence-corrected chi connectivity index (χ1v) is 8.00. The maximum absolute atomic E-state index is 12.5. The van der Waals surface area contributed by atoms with Crippen molar-refractivity contribution in [3.8, 4) is 0 Å². The van der Waals surface area contributed by atoms with Crippen molar-refractivity contribution in [3.63, 3.8) is 0 Å². The van der Waals surface area contributed by atoms with Crippen molar-refractivity contribution in [2.75, 3.05) is 5.32 Å². The number of anilines is 1. The standard InChI is InChI=1S/C19H20N4O/c1-3-17-16(19(24)22-18-10-9-14(2)11-20-18)12-21-23(17)13-15-7-5-4-6-8-15/h4-12H,3,13H2,1-2H3,(H,20,22,24). The Bertz CT molecular complexity index is 822. The lowest BCUT2D eigenvalue weighted by atomic mass is 10.1. The highest BCUT2D eigenvalue weighted by molar-refractivity contribution is 6.04. The van der Waals surface area contributed by atoms with E-state index in [2.05, 4.69) is 27.5 Å². The lowest BCUT2D eigenvalue weighted by molar-refractivity contribution is 0.102. The smallest absolute Gasteiger partial charge is 0.260 e. The molecule has 3 rings (SSSR count). The minimum atomic E-state index is -0.178. The minimum Gasteiger partial charge on any atom is -0.306 e. The maximum Gasteiger partial charge on any atom is 0.260 e. The number of carbonyl (C=O) groups is 1. The first-order valence-electron chi connectivity index (χ1n) is 8.00. The van der Waals surface area contributed by atoms with Crippen LogP contribution in [0.4, 0.5) is 5.82 Å². The second kappa shape index (κ2) is 7.08. The molecule has 1 N–H and O–H groups in total. The van der Waals surface area contributed by atoms with Gasteiger partial charge in [0.1, 0.15) is 5.82 Å². The fourth-order valence-corrected chi connectivity index (χ4v) is 2.59. The highest BCUT2D eigenvalue weighted by atomic mass is 16.1. The van der Waals surface area contributed by atoms with Gasteiger partial charge in [0, 0.05) is 6.20 Å². The highest BCUT2D eigenvalue weighted by Crippen LogP contribution is 2.14. The third-order valence-corrected chi connectivity index (χ3v) is 3.86. The summed E-state index contributed by atoms with van der Waals surface area (Å²) in [7, 11) is 0. The summed E-state index contributed by atoms with van der Waals surface area (Å²) in [5.74, 6) is 0.367. The van der Waals surface area contributed by atoms with Gasteiger partial charge in [-0.05, 0) is 30.5 Å². The molecule has 122 valence electrons. The van der Waals surface area contributed by atoms with Crippen molar-refractivity contribution in [2.45, 2.75) is 26.8 Å². The van der Waals surface area contributed by atoms with Crippen molar-refractivity contribution in [1.82, 2.24) is 14.8 Å². The van der Waals surface area contributed by atoms with Crippen molar-refractivity contribution in [1.29, 1.82) is 0 Å². The van der Waals surface area contributed by atoms with Crippen LogP contribution in [-0.2, 0) is 13.0 Å². The summed E-state index contributed by atoms with van der Waals surface area (Å²) in [5, 5.41) is 7.23. The van der Waals surface area contributed by atoms with E-state index in [1.54, 1.807) is 18.5 Å². The van der Waals surface area contributed by atoms with Crippen LogP contribution in [0.2, 0.25) is 0 Å². The number of nitrogens with zero attached hydrogens (tertiary/aromatic N) is 3. The van der Waals surface area contributed by atoms with Crippen LogP contribution in [0.15, 0.2) is 54.9 Å². The van der Waals surface area contributed by atoms with Gasteiger partial charge in [0.2, 0.25) is 0 Å². The second-order valence-corrected chi connectivity index (χ2v) is 5.68. The number of nitrogens with one attached hydrogen (secondary N) is 1. The topological polar surface area (TPSA) is 59.8 Å². The lowest BCUT2D eigenvalue weighted by Crippen LogP contribution is -2.15. The van der Waals surface area contributed by atoms with Gasteiger partial charge in [-0.2, -0.15) is 5.10 Å². The summed E-state index contributed by atoms with van der Waals surface area (Å²) < 4.78 is 1.88. The molecule has 0 bridgehead atoms. The summed E-state index contributed by atoms with van der Waals surface area (Å²) in [6, 6.07) is 13.8. The Hall–Kier alpha value is -2.95. The van der Waals surface area contributed by atoms with E-state index in [0.29, 0.717) is 17.9 Å².